The van der Waals surface area contributed by atoms with Gasteiger partial charge in [0.25, 0.3) is 0 Å². The van der Waals surface area contributed by atoms with Crippen LogP contribution < -0.4 is 0 Å². The van der Waals surface area contributed by atoms with E-state index >= 15 is 0 Å². The Morgan fingerprint density at radius 2 is 1.59 bits per heavy atom. The third-order valence-corrected chi connectivity index (χ3v) is 18.3. The highest BCUT2D eigenvalue weighted by Crippen LogP contribution is 2.68. The van der Waals surface area contributed by atoms with Crippen molar-refractivity contribution in [1.29, 1.82) is 0 Å². The van der Waals surface area contributed by atoms with E-state index in [4.69, 9.17) is 9.16 Å². The Morgan fingerprint density at radius 3 is 2.24 bits per heavy atom. The van der Waals surface area contributed by atoms with Crippen LogP contribution in [0.5, 0.6) is 0 Å². The Hall–Kier alpha value is -0.613. The van der Waals surface area contributed by atoms with E-state index in [1.165, 1.54) is 64.2 Å². The van der Waals surface area contributed by atoms with Gasteiger partial charge in [0, 0.05) is 0 Å². The number of hydrogen-bond donors (Lipinski definition) is 0. The van der Waals surface area contributed by atoms with Crippen molar-refractivity contribution >= 4 is 14.3 Å². The number of carbonyl (C=O) groups is 1. The van der Waals surface area contributed by atoms with Crippen LogP contribution >= 0.6 is 0 Å². The van der Waals surface area contributed by atoms with Crippen LogP contribution in [0.4, 0.5) is 0 Å². The van der Waals surface area contributed by atoms with Crippen molar-refractivity contribution < 1.29 is 14.0 Å². The molecule has 0 unspecified atom stereocenters. The first kappa shape index (κ1) is 33.3. The van der Waals surface area contributed by atoms with Crippen LogP contribution in [-0.2, 0) is 14.0 Å². The van der Waals surface area contributed by atoms with Gasteiger partial charge in [0.15, 0.2) is 8.32 Å². The van der Waals surface area contributed by atoms with Gasteiger partial charge in [0.2, 0.25) is 0 Å². The second kappa shape index (κ2) is 12.4. The second-order valence-electron chi connectivity index (χ2n) is 17.6. The van der Waals surface area contributed by atoms with Crippen LogP contribution in [0, 0.1) is 52.3 Å². The zero-order chi connectivity index (χ0) is 30.4. The number of esters is 1. The summed E-state index contributed by atoms with van der Waals surface area (Å²) in [5.41, 5.74) is 1.45. The first-order valence-corrected chi connectivity index (χ1v) is 20.4. The fourth-order valence-corrected chi connectivity index (χ4v) is 11.1. The van der Waals surface area contributed by atoms with Crippen molar-refractivity contribution in [2.75, 3.05) is 6.61 Å². The minimum Gasteiger partial charge on any atom is -0.459 e. The molecule has 4 heteroatoms. The van der Waals surface area contributed by atoms with E-state index in [-0.39, 0.29) is 17.1 Å². The van der Waals surface area contributed by atoms with Gasteiger partial charge in [-0.2, -0.15) is 0 Å². The fourth-order valence-electron chi connectivity index (χ4n) is 10.1. The smallest absolute Gasteiger partial charge is 0.335 e. The van der Waals surface area contributed by atoms with Crippen molar-refractivity contribution in [2.45, 2.75) is 157 Å². The Morgan fingerprint density at radius 1 is 0.927 bits per heavy atom. The minimum absolute atomic E-state index is 0.0400. The predicted molar refractivity (Wildman–Crippen MR) is 175 cm³/mol. The van der Waals surface area contributed by atoms with Crippen LogP contribution in [0.1, 0.15) is 132 Å². The van der Waals surface area contributed by atoms with Gasteiger partial charge in [-0.05, 0) is 128 Å². The lowest BCUT2D eigenvalue weighted by Gasteiger charge is -2.61. The van der Waals surface area contributed by atoms with Gasteiger partial charge >= 0.3 is 5.97 Å². The van der Waals surface area contributed by atoms with E-state index < -0.39 is 8.32 Å². The largest absolute Gasteiger partial charge is 0.459 e. The maximum absolute atomic E-state index is 13.0. The third-order valence-electron chi connectivity index (χ3n) is 13.8. The first-order valence-electron chi connectivity index (χ1n) is 17.5. The standard InChI is InChI=1S/C37H66O3Si/c1-25(2)13-12-14-26(3)31-17-18-32-30-16-15-28-23-29(19-21-36(28,8)33(30)20-22-37(31,32)9)40-34(38)27(4)24-39-41(10,11)35(5,6)7/h25-26,28-33H,4,12-24H2,1-3,5-11H3/t26-,28+,29+,30+,31-,32+,33+,36+,37-/m1/s1. The third kappa shape index (κ3) is 6.74. The molecule has 0 spiro atoms. The molecule has 0 N–H and O–H groups in total. The first-order chi connectivity index (χ1) is 19.0. The van der Waals surface area contributed by atoms with Crippen LogP contribution in [0.15, 0.2) is 12.2 Å². The molecule has 3 nitrogen and oxygen atoms in total. The van der Waals surface area contributed by atoms with Crippen LogP contribution in [0.2, 0.25) is 18.1 Å². The normalized spacial score (nSPS) is 38.1. The topological polar surface area (TPSA) is 35.5 Å². The van der Waals surface area contributed by atoms with Crippen molar-refractivity contribution in [2.24, 2.45) is 52.3 Å². The Balaban J connectivity index is 1.33. The number of rotatable bonds is 10. The van der Waals surface area contributed by atoms with Gasteiger partial charge in [-0.1, -0.05) is 81.2 Å². The van der Waals surface area contributed by atoms with Crippen molar-refractivity contribution in [3.63, 3.8) is 0 Å². The monoisotopic (exact) mass is 586 g/mol. The maximum Gasteiger partial charge on any atom is 0.335 e. The van der Waals surface area contributed by atoms with E-state index in [0.717, 1.165) is 48.3 Å². The van der Waals surface area contributed by atoms with Crippen LogP contribution in [0.25, 0.3) is 0 Å². The zero-order valence-electron chi connectivity index (χ0n) is 28.7. The second-order valence-corrected chi connectivity index (χ2v) is 22.5. The van der Waals surface area contributed by atoms with E-state index in [0.29, 0.717) is 28.9 Å². The van der Waals surface area contributed by atoms with Gasteiger partial charge in [0.1, 0.15) is 6.10 Å². The lowest BCUT2D eigenvalue weighted by atomic mass is 9.44. The van der Waals surface area contributed by atoms with Gasteiger partial charge in [-0.15, -0.1) is 0 Å². The molecule has 41 heavy (non-hydrogen) atoms. The molecule has 0 aliphatic heterocycles. The molecule has 0 heterocycles. The summed E-state index contributed by atoms with van der Waals surface area (Å²) in [6, 6.07) is 0. The van der Waals surface area contributed by atoms with Crippen LogP contribution in [0.3, 0.4) is 0 Å². The summed E-state index contributed by atoms with van der Waals surface area (Å²) in [5.74, 6) is 5.78. The summed E-state index contributed by atoms with van der Waals surface area (Å²) in [7, 11) is -1.92. The Labute approximate surface area is 255 Å². The summed E-state index contributed by atoms with van der Waals surface area (Å²) in [6.07, 6.45) is 16.0. The van der Waals surface area contributed by atoms with E-state index in [9.17, 15) is 4.79 Å². The summed E-state index contributed by atoms with van der Waals surface area (Å²) >= 11 is 0. The summed E-state index contributed by atoms with van der Waals surface area (Å²) in [5, 5.41) is 0.117. The van der Waals surface area contributed by atoms with Crippen molar-refractivity contribution in [1.82, 2.24) is 0 Å². The Bertz CT molecular complexity index is 933. The van der Waals surface area contributed by atoms with Crippen molar-refractivity contribution in [3.8, 4) is 0 Å². The highest BCUT2D eigenvalue weighted by atomic mass is 28.4. The fraction of sp³-hybridized carbons (Fsp3) is 0.919. The van der Waals surface area contributed by atoms with Crippen molar-refractivity contribution in [3.05, 3.63) is 12.2 Å². The van der Waals surface area contributed by atoms with Crippen LogP contribution in [-0.4, -0.2) is 27.0 Å². The predicted octanol–water partition coefficient (Wildman–Crippen LogP) is 10.6. The molecule has 0 radical (unpaired) electrons. The lowest BCUT2D eigenvalue weighted by Crippen LogP contribution is -2.54. The number of hydrogen-bond acceptors (Lipinski definition) is 3. The molecule has 0 aromatic carbocycles. The summed E-state index contributed by atoms with van der Waals surface area (Å²) in [6.45, 7) is 28.1. The quantitative estimate of drug-likeness (QED) is 0.145. The average molecular weight is 587 g/mol. The van der Waals surface area contributed by atoms with Gasteiger partial charge in [-0.25, -0.2) is 4.79 Å². The molecule has 4 rings (SSSR count). The molecule has 4 saturated carbocycles. The van der Waals surface area contributed by atoms with Gasteiger partial charge < -0.3 is 9.16 Å². The number of ether oxygens (including phenoxy) is 1. The average Bonchev–Trinajstić information content (AvgIpc) is 3.23. The maximum atomic E-state index is 13.0. The minimum atomic E-state index is -1.92. The SMILES string of the molecule is C=C(CO[Si](C)(C)C(C)(C)C)C(=O)O[C@H]1CC[C@@]2(C)[C@@H](CC[C@@H]3[C@@H]2CC[C@]2(C)[C@@H]([C@H](C)CCCC(C)C)CC[C@@H]32)C1. The van der Waals surface area contributed by atoms with E-state index in [1.54, 1.807) is 0 Å². The number of carbonyl (C=O) groups excluding carboxylic acids is 1. The van der Waals surface area contributed by atoms with E-state index in [2.05, 4.69) is 75.1 Å². The highest BCUT2D eigenvalue weighted by Gasteiger charge is 2.60. The highest BCUT2D eigenvalue weighted by molar-refractivity contribution is 6.74. The van der Waals surface area contributed by atoms with Gasteiger partial charge in [0.05, 0.1) is 12.2 Å². The zero-order valence-corrected chi connectivity index (χ0v) is 29.7. The van der Waals surface area contributed by atoms with Gasteiger partial charge in [-0.3, -0.25) is 0 Å². The molecular formula is C37H66O3Si. The molecule has 0 bridgehead atoms. The number of fused-ring (bicyclic) bond motifs is 5. The molecule has 4 aliphatic carbocycles. The summed E-state index contributed by atoms with van der Waals surface area (Å²) < 4.78 is 12.4. The molecule has 4 aliphatic rings. The Kier molecular flexibility index (Phi) is 10.1. The molecule has 0 amide bonds. The molecule has 236 valence electrons. The molecule has 4 fully saturated rings. The molecular weight excluding hydrogens is 520 g/mol. The lowest BCUT2D eigenvalue weighted by molar-refractivity contribution is -0.159. The summed E-state index contributed by atoms with van der Waals surface area (Å²) in [4.78, 5) is 13.0. The molecule has 0 aromatic heterocycles. The van der Waals surface area contributed by atoms with E-state index in [1.807, 2.05) is 0 Å². The molecule has 0 aromatic rings. The molecule has 0 saturated heterocycles. The molecule has 9 atom stereocenters.